The molecule has 0 amide bonds. The lowest BCUT2D eigenvalue weighted by Gasteiger charge is -2.35. The van der Waals surface area contributed by atoms with Gasteiger partial charge in [0, 0.05) is 0 Å². The van der Waals surface area contributed by atoms with E-state index in [1.807, 2.05) is 0 Å². The number of rotatable bonds is 5. The predicted molar refractivity (Wildman–Crippen MR) is 82.4 cm³/mol. The summed E-state index contributed by atoms with van der Waals surface area (Å²) in [5.41, 5.74) is -0.291. The van der Waals surface area contributed by atoms with Crippen LogP contribution in [0, 0.1) is 23.2 Å². The molecule has 2 saturated carbocycles. The SMILES string of the molecule is CCC(C)(CC(C)C)C(=O)OC1CCC2CCCC2C1. The lowest BCUT2D eigenvalue weighted by Crippen LogP contribution is -2.36. The third-order valence-corrected chi connectivity index (χ3v) is 5.65. The Morgan fingerprint density at radius 2 is 1.90 bits per heavy atom. The Balaban J connectivity index is 1.90. The summed E-state index contributed by atoms with van der Waals surface area (Å²) in [7, 11) is 0. The highest BCUT2D eigenvalue weighted by molar-refractivity contribution is 5.76. The highest BCUT2D eigenvalue weighted by Gasteiger charge is 2.39. The van der Waals surface area contributed by atoms with Crippen molar-refractivity contribution < 1.29 is 9.53 Å². The van der Waals surface area contributed by atoms with Crippen LogP contribution in [0.4, 0.5) is 0 Å². The number of esters is 1. The molecule has 0 heterocycles. The molecule has 0 saturated heterocycles. The molecule has 2 aliphatic carbocycles. The van der Waals surface area contributed by atoms with Gasteiger partial charge in [-0.1, -0.05) is 40.0 Å². The van der Waals surface area contributed by atoms with Crippen LogP contribution in [-0.4, -0.2) is 12.1 Å². The molecule has 2 rings (SSSR count). The number of ether oxygens (including phenoxy) is 1. The van der Waals surface area contributed by atoms with E-state index < -0.39 is 0 Å². The standard InChI is InChI=1S/C18H32O2/c1-5-18(4,12-13(2)3)17(19)20-16-10-9-14-7-6-8-15(14)11-16/h13-16H,5-12H2,1-4H3. The predicted octanol–water partition coefficient (Wildman–Crippen LogP) is 4.96. The second-order valence-corrected chi connectivity index (χ2v) is 7.80. The molecule has 0 aromatic carbocycles. The fourth-order valence-electron chi connectivity index (χ4n) is 4.33. The summed E-state index contributed by atoms with van der Waals surface area (Å²) >= 11 is 0. The number of fused-ring (bicyclic) bond motifs is 1. The summed E-state index contributed by atoms with van der Waals surface area (Å²) in [6.45, 7) is 8.56. The average molecular weight is 280 g/mol. The zero-order chi connectivity index (χ0) is 14.8. The van der Waals surface area contributed by atoms with E-state index in [1.54, 1.807) is 0 Å². The number of carbonyl (C=O) groups excluding carboxylic acids is 1. The minimum atomic E-state index is -0.291. The first-order chi connectivity index (χ1) is 9.44. The second-order valence-electron chi connectivity index (χ2n) is 7.80. The lowest BCUT2D eigenvalue weighted by molar-refractivity contribution is -0.164. The molecule has 20 heavy (non-hydrogen) atoms. The molecule has 0 radical (unpaired) electrons. The van der Waals surface area contributed by atoms with Gasteiger partial charge in [0.15, 0.2) is 0 Å². The summed E-state index contributed by atoms with van der Waals surface area (Å²) in [5.74, 6) is 2.35. The topological polar surface area (TPSA) is 26.3 Å². The van der Waals surface area contributed by atoms with Gasteiger partial charge in [0.2, 0.25) is 0 Å². The van der Waals surface area contributed by atoms with Crippen molar-refractivity contribution in [2.24, 2.45) is 23.2 Å². The largest absolute Gasteiger partial charge is 0.462 e. The fourth-order valence-corrected chi connectivity index (χ4v) is 4.33. The molecular weight excluding hydrogens is 248 g/mol. The first-order valence-corrected chi connectivity index (χ1v) is 8.65. The van der Waals surface area contributed by atoms with Crippen molar-refractivity contribution in [2.45, 2.75) is 85.2 Å². The smallest absolute Gasteiger partial charge is 0.312 e. The molecule has 2 heteroatoms. The van der Waals surface area contributed by atoms with Gasteiger partial charge in [0.25, 0.3) is 0 Å². The van der Waals surface area contributed by atoms with Crippen LogP contribution < -0.4 is 0 Å². The molecule has 0 aromatic rings. The number of hydrogen-bond acceptors (Lipinski definition) is 2. The van der Waals surface area contributed by atoms with Crippen molar-refractivity contribution in [3.63, 3.8) is 0 Å². The van der Waals surface area contributed by atoms with Crippen molar-refractivity contribution in [1.82, 2.24) is 0 Å². The molecule has 0 aliphatic heterocycles. The van der Waals surface area contributed by atoms with E-state index in [2.05, 4.69) is 27.7 Å². The number of carbonyl (C=O) groups is 1. The molecule has 2 fully saturated rings. The number of hydrogen-bond donors (Lipinski definition) is 0. The van der Waals surface area contributed by atoms with Crippen LogP contribution in [-0.2, 0) is 9.53 Å². The minimum absolute atomic E-state index is 0.0511. The fraction of sp³-hybridized carbons (Fsp3) is 0.944. The van der Waals surface area contributed by atoms with Crippen molar-refractivity contribution >= 4 is 5.97 Å². The van der Waals surface area contributed by atoms with Crippen molar-refractivity contribution in [1.29, 1.82) is 0 Å². The molecule has 0 N–H and O–H groups in total. The normalized spacial score (nSPS) is 32.8. The van der Waals surface area contributed by atoms with Crippen LogP contribution in [0.2, 0.25) is 0 Å². The van der Waals surface area contributed by atoms with Crippen LogP contribution in [0.15, 0.2) is 0 Å². The zero-order valence-corrected chi connectivity index (χ0v) is 13.8. The van der Waals surface area contributed by atoms with Crippen LogP contribution in [0.3, 0.4) is 0 Å². The maximum absolute atomic E-state index is 12.6. The van der Waals surface area contributed by atoms with E-state index in [9.17, 15) is 4.79 Å². The Hall–Kier alpha value is -0.530. The van der Waals surface area contributed by atoms with Gasteiger partial charge in [-0.25, -0.2) is 0 Å². The quantitative estimate of drug-likeness (QED) is 0.665. The van der Waals surface area contributed by atoms with Crippen molar-refractivity contribution in [3.05, 3.63) is 0 Å². The Labute approximate surface area is 124 Å². The average Bonchev–Trinajstić information content (AvgIpc) is 2.85. The van der Waals surface area contributed by atoms with Gasteiger partial charge >= 0.3 is 5.97 Å². The monoisotopic (exact) mass is 280 g/mol. The Bertz CT molecular complexity index is 336. The van der Waals surface area contributed by atoms with E-state index in [-0.39, 0.29) is 17.5 Å². The first-order valence-electron chi connectivity index (χ1n) is 8.65. The molecule has 4 unspecified atom stereocenters. The molecule has 4 atom stereocenters. The second kappa shape index (κ2) is 6.49. The molecule has 2 aliphatic rings. The van der Waals surface area contributed by atoms with Crippen LogP contribution >= 0.6 is 0 Å². The third-order valence-electron chi connectivity index (χ3n) is 5.65. The Morgan fingerprint density at radius 1 is 1.20 bits per heavy atom. The summed E-state index contributed by atoms with van der Waals surface area (Å²) in [6, 6.07) is 0. The molecular formula is C18H32O2. The first kappa shape index (κ1) is 15.9. The molecule has 2 nitrogen and oxygen atoms in total. The minimum Gasteiger partial charge on any atom is -0.462 e. The van der Waals surface area contributed by atoms with Gasteiger partial charge in [-0.05, 0) is 56.8 Å². The van der Waals surface area contributed by atoms with Gasteiger partial charge in [0.05, 0.1) is 5.41 Å². The van der Waals surface area contributed by atoms with E-state index in [0.717, 1.165) is 37.5 Å². The Kier molecular flexibility index (Phi) is 5.14. The van der Waals surface area contributed by atoms with Crippen molar-refractivity contribution in [3.8, 4) is 0 Å². The summed E-state index contributed by atoms with van der Waals surface area (Å²) in [6.07, 6.45) is 9.64. The van der Waals surface area contributed by atoms with Gasteiger partial charge < -0.3 is 4.74 Å². The summed E-state index contributed by atoms with van der Waals surface area (Å²) in [4.78, 5) is 12.6. The molecule has 0 bridgehead atoms. The van der Waals surface area contributed by atoms with Gasteiger partial charge in [-0.2, -0.15) is 0 Å². The van der Waals surface area contributed by atoms with Crippen LogP contribution in [0.25, 0.3) is 0 Å². The maximum atomic E-state index is 12.6. The van der Waals surface area contributed by atoms with Gasteiger partial charge in [-0.15, -0.1) is 0 Å². The summed E-state index contributed by atoms with van der Waals surface area (Å²) in [5, 5.41) is 0. The highest BCUT2D eigenvalue weighted by atomic mass is 16.5. The third kappa shape index (κ3) is 3.56. The summed E-state index contributed by atoms with van der Waals surface area (Å²) < 4.78 is 5.92. The zero-order valence-electron chi connectivity index (χ0n) is 13.8. The Morgan fingerprint density at radius 3 is 2.55 bits per heavy atom. The van der Waals surface area contributed by atoms with E-state index in [1.165, 1.54) is 25.7 Å². The van der Waals surface area contributed by atoms with E-state index in [4.69, 9.17) is 4.74 Å². The van der Waals surface area contributed by atoms with Gasteiger partial charge in [-0.3, -0.25) is 4.79 Å². The highest BCUT2D eigenvalue weighted by Crippen LogP contribution is 2.43. The molecule has 116 valence electrons. The van der Waals surface area contributed by atoms with Crippen LogP contribution in [0.1, 0.15) is 79.1 Å². The van der Waals surface area contributed by atoms with E-state index >= 15 is 0 Å². The van der Waals surface area contributed by atoms with Crippen LogP contribution in [0.5, 0.6) is 0 Å². The lowest BCUT2D eigenvalue weighted by atomic mass is 9.78. The van der Waals surface area contributed by atoms with E-state index in [0.29, 0.717) is 5.92 Å². The molecule has 0 spiro atoms. The van der Waals surface area contributed by atoms with Gasteiger partial charge in [0.1, 0.15) is 6.10 Å². The van der Waals surface area contributed by atoms with Crippen molar-refractivity contribution in [2.75, 3.05) is 0 Å². The maximum Gasteiger partial charge on any atom is 0.312 e. The molecule has 0 aromatic heterocycles.